The number of hydrogen-bond acceptors (Lipinski definition) is 3. The molecular formula is C11H11N3O2. The van der Waals surface area contributed by atoms with Crippen LogP contribution in [0.2, 0.25) is 0 Å². The molecule has 0 unspecified atom stereocenters. The summed E-state index contributed by atoms with van der Waals surface area (Å²) in [5, 5.41) is 8.62. The summed E-state index contributed by atoms with van der Waals surface area (Å²) in [5.74, 6) is -0.156. The second-order valence-corrected chi connectivity index (χ2v) is 3.54. The first-order valence-electron chi connectivity index (χ1n) is 4.83. The van der Waals surface area contributed by atoms with Crippen molar-refractivity contribution in [3.05, 3.63) is 42.1 Å². The largest absolute Gasteiger partial charge is 0.481 e. The molecule has 0 spiro atoms. The van der Waals surface area contributed by atoms with Crippen molar-refractivity contribution in [3.8, 4) is 5.82 Å². The zero-order valence-corrected chi connectivity index (χ0v) is 8.79. The van der Waals surface area contributed by atoms with Crippen molar-refractivity contribution in [2.75, 3.05) is 0 Å². The van der Waals surface area contributed by atoms with E-state index in [1.165, 1.54) is 0 Å². The highest BCUT2D eigenvalue weighted by Crippen LogP contribution is 2.07. The molecule has 2 aromatic rings. The van der Waals surface area contributed by atoms with E-state index >= 15 is 0 Å². The topological polar surface area (TPSA) is 68.0 Å². The molecule has 0 radical (unpaired) electrons. The SMILES string of the molecule is Cc1ccc(-n2cnc(CC(=O)O)c2)nc1. The summed E-state index contributed by atoms with van der Waals surface area (Å²) in [7, 11) is 0. The minimum Gasteiger partial charge on any atom is -0.481 e. The van der Waals surface area contributed by atoms with Crippen LogP contribution in [-0.2, 0) is 11.2 Å². The second kappa shape index (κ2) is 4.14. The summed E-state index contributed by atoms with van der Waals surface area (Å²) in [6.07, 6.45) is 4.92. The van der Waals surface area contributed by atoms with E-state index < -0.39 is 5.97 Å². The molecule has 1 N–H and O–H groups in total. The second-order valence-electron chi connectivity index (χ2n) is 3.54. The lowest BCUT2D eigenvalue weighted by Gasteiger charge is -1.99. The molecule has 0 fully saturated rings. The zero-order valence-electron chi connectivity index (χ0n) is 8.79. The van der Waals surface area contributed by atoms with Gasteiger partial charge in [0.2, 0.25) is 0 Å². The van der Waals surface area contributed by atoms with Crippen LogP contribution in [0.1, 0.15) is 11.3 Å². The molecule has 2 heterocycles. The van der Waals surface area contributed by atoms with Crippen LogP contribution in [0.15, 0.2) is 30.9 Å². The van der Waals surface area contributed by atoms with E-state index in [-0.39, 0.29) is 6.42 Å². The molecule has 82 valence electrons. The Morgan fingerprint density at radius 2 is 2.25 bits per heavy atom. The van der Waals surface area contributed by atoms with Gasteiger partial charge >= 0.3 is 5.97 Å². The molecule has 0 amide bonds. The number of aryl methyl sites for hydroxylation is 1. The van der Waals surface area contributed by atoms with Crippen LogP contribution in [0.4, 0.5) is 0 Å². The first-order valence-corrected chi connectivity index (χ1v) is 4.83. The summed E-state index contributed by atoms with van der Waals surface area (Å²) in [4.78, 5) is 18.7. The minimum atomic E-state index is -0.887. The highest BCUT2D eigenvalue weighted by atomic mass is 16.4. The Kier molecular flexibility index (Phi) is 2.68. The number of carboxylic acids is 1. The normalized spacial score (nSPS) is 10.3. The summed E-state index contributed by atoms with van der Waals surface area (Å²) in [6, 6.07) is 3.81. The van der Waals surface area contributed by atoms with Gasteiger partial charge in [-0.3, -0.25) is 9.36 Å². The molecule has 0 saturated heterocycles. The quantitative estimate of drug-likeness (QED) is 0.838. The van der Waals surface area contributed by atoms with Gasteiger partial charge in [0.05, 0.1) is 12.1 Å². The fourth-order valence-corrected chi connectivity index (χ4v) is 1.35. The molecule has 5 heteroatoms. The number of carbonyl (C=O) groups is 1. The molecule has 0 saturated carbocycles. The summed E-state index contributed by atoms with van der Waals surface area (Å²) < 4.78 is 1.71. The van der Waals surface area contributed by atoms with Crippen LogP contribution >= 0.6 is 0 Å². The predicted octanol–water partition coefficient (Wildman–Crippen LogP) is 1.20. The lowest BCUT2D eigenvalue weighted by molar-refractivity contribution is -0.136. The summed E-state index contributed by atoms with van der Waals surface area (Å²) in [6.45, 7) is 1.96. The smallest absolute Gasteiger partial charge is 0.309 e. The zero-order chi connectivity index (χ0) is 11.5. The predicted molar refractivity (Wildman–Crippen MR) is 57.4 cm³/mol. The van der Waals surface area contributed by atoms with Crippen molar-refractivity contribution in [1.82, 2.24) is 14.5 Å². The third kappa shape index (κ3) is 2.25. The molecule has 2 rings (SSSR count). The Morgan fingerprint density at radius 1 is 1.44 bits per heavy atom. The van der Waals surface area contributed by atoms with Crippen molar-refractivity contribution >= 4 is 5.97 Å². The lowest BCUT2D eigenvalue weighted by atomic mass is 10.3. The van der Waals surface area contributed by atoms with E-state index in [4.69, 9.17) is 5.11 Å². The molecule has 0 aliphatic heterocycles. The van der Waals surface area contributed by atoms with Crippen LogP contribution in [-0.4, -0.2) is 25.6 Å². The molecule has 16 heavy (non-hydrogen) atoms. The third-order valence-corrected chi connectivity index (χ3v) is 2.13. The van der Waals surface area contributed by atoms with Crippen LogP contribution in [0.25, 0.3) is 5.82 Å². The van der Waals surface area contributed by atoms with E-state index in [9.17, 15) is 4.79 Å². The molecule has 2 aromatic heterocycles. The molecule has 0 aliphatic carbocycles. The van der Waals surface area contributed by atoms with Crippen LogP contribution in [0.3, 0.4) is 0 Å². The molecule has 0 atom stereocenters. The van der Waals surface area contributed by atoms with Gasteiger partial charge in [0.1, 0.15) is 12.1 Å². The highest BCUT2D eigenvalue weighted by molar-refractivity contribution is 5.69. The Balaban J connectivity index is 2.24. The first-order chi connectivity index (χ1) is 7.65. The maximum absolute atomic E-state index is 10.5. The average Bonchev–Trinajstić information content (AvgIpc) is 2.66. The molecule has 0 aliphatic rings. The maximum Gasteiger partial charge on any atom is 0.309 e. The summed E-state index contributed by atoms with van der Waals surface area (Å²) in [5.41, 5.74) is 1.60. The van der Waals surface area contributed by atoms with Gasteiger partial charge < -0.3 is 5.11 Å². The van der Waals surface area contributed by atoms with Gasteiger partial charge in [-0.05, 0) is 18.6 Å². The van der Waals surface area contributed by atoms with E-state index in [1.807, 2.05) is 19.1 Å². The highest BCUT2D eigenvalue weighted by Gasteiger charge is 2.05. The number of imidazole rings is 1. The van der Waals surface area contributed by atoms with Crippen LogP contribution < -0.4 is 0 Å². The van der Waals surface area contributed by atoms with Gasteiger partial charge in [0.15, 0.2) is 0 Å². The number of pyridine rings is 1. The number of aromatic nitrogens is 3. The Labute approximate surface area is 92.4 Å². The van der Waals surface area contributed by atoms with E-state index in [0.717, 1.165) is 11.4 Å². The van der Waals surface area contributed by atoms with Crippen molar-refractivity contribution in [2.45, 2.75) is 13.3 Å². The van der Waals surface area contributed by atoms with Gasteiger partial charge in [-0.1, -0.05) is 6.07 Å². The molecular weight excluding hydrogens is 206 g/mol. The van der Waals surface area contributed by atoms with Gasteiger partial charge in [-0.25, -0.2) is 9.97 Å². The molecule has 0 bridgehead atoms. The fraction of sp³-hybridized carbons (Fsp3) is 0.182. The van der Waals surface area contributed by atoms with Crippen molar-refractivity contribution in [3.63, 3.8) is 0 Å². The number of nitrogens with zero attached hydrogens (tertiary/aromatic N) is 3. The number of aliphatic carboxylic acids is 1. The standard InChI is InChI=1S/C11H11N3O2/c1-8-2-3-10(12-5-8)14-6-9(13-7-14)4-11(15)16/h2-3,5-7H,4H2,1H3,(H,15,16). The first kappa shape index (κ1) is 10.4. The Hall–Kier alpha value is -2.17. The summed E-state index contributed by atoms with van der Waals surface area (Å²) >= 11 is 0. The van der Waals surface area contributed by atoms with Gasteiger partial charge in [0, 0.05) is 12.4 Å². The molecule has 5 nitrogen and oxygen atoms in total. The van der Waals surface area contributed by atoms with Crippen LogP contribution in [0, 0.1) is 6.92 Å². The minimum absolute atomic E-state index is 0.0706. The van der Waals surface area contributed by atoms with Crippen molar-refractivity contribution < 1.29 is 9.90 Å². The molecule has 0 aromatic carbocycles. The Morgan fingerprint density at radius 3 is 2.88 bits per heavy atom. The van der Waals surface area contributed by atoms with Crippen molar-refractivity contribution in [1.29, 1.82) is 0 Å². The van der Waals surface area contributed by atoms with Crippen LogP contribution in [0.5, 0.6) is 0 Å². The Bertz CT molecular complexity index is 502. The van der Waals surface area contributed by atoms with Gasteiger partial charge in [-0.15, -0.1) is 0 Å². The number of carboxylic acid groups (broad SMARTS) is 1. The third-order valence-electron chi connectivity index (χ3n) is 2.13. The number of rotatable bonds is 3. The number of hydrogen-bond donors (Lipinski definition) is 1. The van der Waals surface area contributed by atoms with Gasteiger partial charge in [0.25, 0.3) is 0 Å². The lowest BCUT2D eigenvalue weighted by Crippen LogP contribution is -2.00. The van der Waals surface area contributed by atoms with E-state index in [1.54, 1.807) is 23.3 Å². The van der Waals surface area contributed by atoms with E-state index in [2.05, 4.69) is 9.97 Å². The van der Waals surface area contributed by atoms with Gasteiger partial charge in [-0.2, -0.15) is 0 Å². The van der Waals surface area contributed by atoms with E-state index in [0.29, 0.717) is 5.69 Å². The fourth-order valence-electron chi connectivity index (χ4n) is 1.35. The monoisotopic (exact) mass is 217 g/mol. The maximum atomic E-state index is 10.5. The van der Waals surface area contributed by atoms with Crippen molar-refractivity contribution in [2.24, 2.45) is 0 Å². The average molecular weight is 217 g/mol.